The zero-order chi connectivity index (χ0) is 16.9. The van der Waals surface area contributed by atoms with Crippen LogP contribution in [0, 0.1) is 5.41 Å². The Labute approximate surface area is 136 Å². The van der Waals surface area contributed by atoms with Gasteiger partial charge in [-0.2, -0.15) is 0 Å². The molecule has 0 fully saturated rings. The fourth-order valence-electron chi connectivity index (χ4n) is 1.87. The lowest BCUT2D eigenvalue weighted by Crippen LogP contribution is -2.28. The van der Waals surface area contributed by atoms with E-state index in [0.29, 0.717) is 18.1 Å². The maximum Gasteiger partial charge on any atom is 0.241 e. The summed E-state index contributed by atoms with van der Waals surface area (Å²) in [5.74, 6) is 0.360. The number of hydroxylamine groups is 1. The predicted octanol–water partition coefficient (Wildman–Crippen LogP) is 3.09. The third kappa shape index (κ3) is 5.21. The maximum atomic E-state index is 12.0. The Morgan fingerprint density at radius 2 is 1.87 bits per heavy atom. The number of rotatable bonds is 4. The largest absolute Gasteiger partial charge is 0.310 e. The Morgan fingerprint density at radius 1 is 1.17 bits per heavy atom. The van der Waals surface area contributed by atoms with E-state index in [0.717, 1.165) is 10.3 Å². The van der Waals surface area contributed by atoms with Gasteiger partial charge in [-0.25, -0.2) is 4.98 Å². The first-order valence-corrected chi connectivity index (χ1v) is 7.47. The molecule has 0 aliphatic rings. The van der Waals surface area contributed by atoms with Crippen LogP contribution in [0.15, 0.2) is 48.5 Å². The zero-order valence-electron chi connectivity index (χ0n) is 13.7. The fourth-order valence-corrected chi connectivity index (χ4v) is 1.87. The number of benzene rings is 1. The first-order chi connectivity index (χ1) is 10.8. The summed E-state index contributed by atoms with van der Waals surface area (Å²) in [5, 5.41) is 12.8. The van der Waals surface area contributed by atoms with Crippen molar-refractivity contribution in [1.29, 1.82) is 0 Å². The van der Waals surface area contributed by atoms with E-state index in [9.17, 15) is 10.0 Å². The summed E-state index contributed by atoms with van der Waals surface area (Å²) < 4.78 is 1.08. The molecule has 1 aromatic heterocycles. The smallest absolute Gasteiger partial charge is 0.241 e. The standard InChI is InChI=1S/C18H21N3O2/c1-18(2,3)17(22)20-16-11-7-10-15(19-16)13-21(23)12-14-8-5-4-6-9-14/h4-11,13H,12H2,1-3H3,(H-,19,20,22,23)/p+1. The van der Waals surface area contributed by atoms with Crippen molar-refractivity contribution in [2.45, 2.75) is 27.3 Å². The van der Waals surface area contributed by atoms with Crippen molar-refractivity contribution >= 4 is 17.9 Å². The summed E-state index contributed by atoms with van der Waals surface area (Å²) in [6.07, 6.45) is 1.53. The molecule has 5 heteroatoms. The van der Waals surface area contributed by atoms with Gasteiger partial charge in [-0.05, 0) is 16.9 Å². The van der Waals surface area contributed by atoms with Crippen LogP contribution in [0.1, 0.15) is 32.0 Å². The molecule has 0 radical (unpaired) electrons. The summed E-state index contributed by atoms with van der Waals surface area (Å²) in [4.78, 5) is 16.3. The Kier molecular flexibility index (Phi) is 5.11. The normalized spacial score (nSPS) is 12.0. The Bertz CT molecular complexity index is 704. The van der Waals surface area contributed by atoms with Crippen LogP contribution in [0.2, 0.25) is 0 Å². The van der Waals surface area contributed by atoms with Crippen LogP contribution in [0.3, 0.4) is 0 Å². The summed E-state index contributed by atoms with van der Waals surface area (Å²) in [6, 6.07) is 14.9. The van der Waals surface area contributed by atoms with Crippen molar-refractivity contribution in [3.63, 3.8) is 0 Å². The number of carbonyl (C=O) groups excluding carboxylic acids is 1. The van der Waals surface area contributed by atoms with Crippen LogP contribution < -0.4 is 5.32 Å². The molecule has 23 heavy (non-hydrogen) atoms. The van der Waals surface area contributed by atoms with E-state index in [1.165, 1.54) is 6.21 Å². The third-order valence-corrected chi connectivity index (χ3v) is 3.16. The van der Waals surface area contributed by atoms with Gasteiger partial charge < -0.3 is 5.32 Å². The molecule has 2 aromatic rings. The van der Waals surface area contributed by atoms with Gasteiger partial charge in [0.25, 0.3) is 0 Å². The number of amides is 1. The second kappa shape index (κ2) is 7.05. The van der Waals surface area contributed by atoms with Gasteiger partial charge in [-0.1, -0.05) is 57.2 Å². The molecule has 2 rings (SSSR count). The fraction of sp³-hybridized carbons (Fsp3) is 0.278. The lowest BCUT2D eigenvalue weighted by Gasteiger charge is -2.17. The molecule has 5 nitrogen and oxygen atoms in total. The number of nitrogens with one attached hydrogen (secondary N) is 1. The van der Waals surface area contributed by atoms with Gasteiger partial charge in [0.2, 0.25) is 18.7 Å². The van der Waals surface area contributed by atoms with E-state index >= 15 is 0 Å². The molecule has 0 bridgehead atoms. The van der Waals surface area contributed by atoms with Crippen LogP contribution in [0.5, 0.6) is 0 Å². The number of nitrogens with zero attached hydrogens (tertiary/aromatic N) is 2. The molecule has 1 heterocycles. The van der Waals surface area contributed by atoms with Crippen molar-refractivity contribution in [2.24, 2.45) is 5.41 Å². The molecule has 2 N–H and O–H groups in total. The minimum Gasteiger partial charge on any atom is -0.310 e. The quantitative estimate of drug-likeness (QED) is 0.395. The summed E-state index contributed by atoms with van der Waals surface area (Å²) >= 11 is 0. The number of anilines is 1. The third-order valence-electron chi connectivity index (χ3n) is 3.16. The molecule has 0 aliphatic heterocycles. The summed E-state index contributed by atoms with van der Waals surface area (Å²) in [5.41, 5.74) is 1.07. The molecular weight excluding hydrogens is 290 g/mol. The first-order valence-electron chi connectivity index (χ1n) is 7.47. The summed E-state index contributed by atoms with van der Waals surface area (Å²) in [7, 11) is 0. The second-order valence-corrected chi connectivity index (χ2v) is 6.36. The summed E-state index contributed by atoms with van der Waals surface area (Å²) in [6.45, 7) is 5.88. The van der Waals surface area contributed by atoms with Crippen LogP contribution in [-0.2, 0) is 11.3 Å². The molecule has 1 aromatic carbocycles. The zero-order valence-corrected chi connectivity index (χ0v) is 13.7. The highest BCUT2D eigenvalue weighted by Crippen LogP contribution is 2.16. The maximum absolute atomic E-state index is 12.0. The van der Waals surface area contributed by atoms with Gasteiger partial charge >= 0.3 is 0 Å². The molecule has 0 unspecified atom stereocenters. The Balaban J connectivity index is 2.10. The molecule has 1 amide bonds. The van der Waals surface area contributed by atoms with Crippen molar-refractivity contribution in [2.75, 3.05) is 5.32 Å². The number of pyridine rings is 1. The average molecular weight is 312 g/mol. The van der Waals surface area contributed by atoms with Gasteiger partial charge in [0.15, 0.2) is 0 Å². The molecule has 0 spiro atoms. The van der Waals surface area contributed by atoms with Crippen molar-refractivity contribution in [1.82, 2.24) is 4.98 Å². The lowest BCUT2D eigenvalue weighted by atomic mass is 9.96. The highest BCUT2D eigenvalue weighted by atomic mass is 16.5. The highest BCUT2D eigenvalue weighted by Gasteiger charge is 2.21. The van der Waals surface area contributed by atoms with Crippen molar-refractivity contribution < 1.29 is 14.7 Å². The number of aromatic nitrogens is 1. The van der Waals surface area contributed by atoms with E-state index in [-0.39, 0.29) is 5.91 Å². The minimum absolute atomic E-state index is 0.104. The minimum atomic E-state index is -0.488. The molecule has 0 saturated heterocycles. The van der Waals surface area contributed by atoms with E-state index in [4.69, 9.17) is 0 Å². The molecule has 0 saturated carbocycles. The highest BCUT2D eigenvalue weighted by molar-refractivity contribution is 5.93. The van der Waals surface area contributed by atoms with E-state index in [1.54, 1.807) is 18.2 Å². The molecule has 120 valence electrons. The molecule has 0 aliphatic carbocycles. The van der Waals surface area contributed by atoms with Gasteiger partial charge in [0.1, 0.15) is 11.5 Å². The van der Waals surface area contributed by atoms with Crippen LogP contribution in [-0.4, -0.2) is 27.1 Å². The van der Waals surface area contributed by atoms with Gasteiger partial charge in [0, 0.05) is 11.0 Å². The van der Waals surface area contributed by atoms with Gasteiger partial charge in [-0.3, -0.25) is 10.0 Å². The van der Waals surface area contributed by atoms with Crippen LogP contribution in [0.25, 0.3) is 0 Å². The number of hydrogen-bond acceptors (Lipinski definition) is 3. The lowest BCUT2D eigenvalue weighted by molar-refractivity contribution is -0.783. The van der Waals surface area contributed by atoms with E-state index in [2.05, 4.69) is 10.3 Å². The van der Waals surface area contributed by atoms with Crippen molar-refractivity contribution in [3.05, 3.63) is 59.8 Å². The Morgan fingerprint density at radius 3 is 2.52 bits per heavy atom. The first kappa shape index (κ1) is 16.7. The molecular formula is C18H22N3O2+. The van der Waals surface area contributed by atoms with Gasteiger partial charge in [0.05, 0.1) is 0 Å². The topological polar surface area (TPSA) is 65.2 Å². The average Bonchev–Trinajstić information content (AvgIpc) is 2.47. The van der Waals surface area contributed by atoms with Crippen LogP contribution in [0.4, 0.5) is 5.82 Å². The Hall–Kier alpha value is -2.69. The molecule has 0 atom stereocenters. The number of carbonyl (C=O) groups is 1. The van der Waals surface area contributed by atoms with E-state index < -0.39 is 5.41 Å². The number of hydrogen-bond donors (Lipinski definition) is 2. The predicted molar refractivity (Wildman–Crippen MR) is 89.7 cm³/mol. The second-order valence-electron chi connectivity index (χ2n) is 6.36. The monoisotopic (exact) mass is 312 g/mol. The van der Waals surface area contributed by atoms with Crippen molar-refractivity contribution in [3.8, 4) is 0 Å². The SMILES string of the molecule is CC(C)(C)C(=O)Nc1cccc(/C=[N+](\O)Cc2ccccc2)n1. The van der Waals surface area contributed by atoms with E-state index in [1.807, 2.05) is 51.1 Å². The van der Waals surface area contributed by atoms with Crippen LogP contribution >= 0.6 is 0 Å². The van der Waals surface area contributed by atoms with Gasteiger partial charge in [-0.15, -0.1) is 0 Å².